The van der Waals surface area contributed by atoms with Crippen molar-refractivity contribution < 1.29 is 4.79 Å². The zero-order chi connectivity index (χ0) is 24.0. The minimum absolute atomic E-state index is 0.140. The second kappa shape index (κ2) is 8.53. The summed E-state index contributed by atoms with van der Waals surface area (Å²) >= 11 is 1.25. The van der Waals surface area contributed by atoms with Gasteiger partial charge in [-0.2, -0.15) is 5.10 Å². The molecule has 9 nitrogen and oxygen atoms in total. The normalized spacial score (nSPS) is 12.5. The van der Waals surface area contributed by atoms with Crippen molar-refractivity contribution in [2.24, 2.45) is 0 Å². The van der Waals surface area contributed by atoms with Crippen LogP contribution in [0.1, 0.15) is 25.2 Å². The lowest BCUT2D eigenvalue weighted by atomic mass is 10.1. The highest BCUT2D eigenvalue weighted by Gasteiger charge is 2.21. The molecule has 174 valence electrons. The van der Waals surface area contributed by atoms with E-state index < -0.39 is 5.25 Å². The Hall–Kier alpha value is -3.79. The molecule has 2 aromatic carbocycles. The van der Waals surface area contributed by atoms with E-state index in [9.17, 15) is 4.79 Å². The molecule has 0 fully saturated rings. The summed E-state index contributed by atoms with van der Waals surface area (Å²) in [5, 5.41) is 18.1. The standard InChI is InChI=1S/C24H26N8OS/c1-5-30-20-9-7-6-8-18(20)19-13-17(10-11-21(19)30)26-22(33)16(4)34-24-28-27-23(31(24)25)32-15(3)12-14(2)29-32/h6-13,16H,5,25H2,1-4H3,(H,26,33)/t16-/m0/s1. The van der Waals surface area contributed by atoms with Gasteiger partial charge in [-0.05, 0) is 58.0 Å². The van der Waals surface area contributed by atoms with Gasteiger partial charge in [0.2, 0.25) is 11.1 Å². The highest BCUT2D eigenvalue weighted by atomic mass is 32.2. The van der Waals surface area contributed by atoms with E-state index in [1.165, 1.54) is 27.3 Å². The molecule has 3 aromatic heterocycles. The molecule has 0 aliphatic carbocycles. The topological polar surface area (TPSA) is 109 Å². The predicted octanol–water partition coefficient (Wildman–Crippen LogP) is 4.04. The average Bonchev–Trinajstić information content (AvgIpc) is 3.46. The summed E-state index contributed by atoms with van der Waals surface area (Å²) in [5.41, 5.74) is 4.85. The number of carbonyl (C=O) groups is 1. The van der Waals surface area contributed by atoms with Gasteiger partial charge >= 0.3 is 0 Å². The molecule has 1 amide bonds. The van der Waals surface area contributed by atoms with Crippen molar-refractivity contribution in [3.8, 4) is 5.95 Å². The Morgan fingerprint density at radius 2 is 1.85 bits per heavy atom. The maximum Gasteiger partial charge on any atom is 0.271 e. The minimum atomic E-state index is -0.438. The van der Waals surface area contributed by atoms with E-state index >= 15 is 0 Å². The van der Waals surface area contributed by atoms with Crippen molar-refractivity contribution in [2.75, 3.05) is 11.2 Å². The summed E-state index contributed by atoms with van der Waals surface area (Å²) in [4.78, 5) is 13.0. The quantitative estimate of drug-likeness (QED) is 0.284. The average molecular weight is 475 g/mol. The molecule has 0 saturated heterocycles. The highest BCUT2D eigenvalue weighted by Crippen LogP contribution is 2.31. The molecular weight excluding hydrogens is 448 g/mol. The number of para-hydroxylation sites is 1. The van der Waals surface area contributed by atoms with E-state index in [2.05, 4.69) is 50.3 Å². The van der Waals surface area contributed by atoms with Crippen LogP contribution in [0, 0.1) is 13.8 Å². The van der Waals surface area contributed by atoms with Crippen molar-refractivity contribution >= 4 is 45.2 Å². The number of nitrogens with two attached hydrogens (primary N) is 1. The fourth-order valence-electron chi connectivity index (χ4n) is 4.25. The number of anilines is 1. The van der Waals surface area contributed by atoms with Crippen LogP contribution in [0.15, 0.2) is 53.7 Å². The van der Waals surface area contributed by atoms with Gasteiger partial charge in [-0.3, -0.25) is 4.79 Å². The van der Waals surface area contributed by atoms with Gasteiger partial charge in [0.05, 0.1) is 10.9 Å². The van der Waals surface area contributed by atoms with Crippen molar-refractivity contribution in [1.29, 1.82) is 0 Å². The zero-order valence-electron chi connectivity index (χ0n) is 19.5. The van der Waals surface area contributed by atoms with Crippen LogP contribution >= 0.6 is 11.8 Å². The first kappa shape index (κ1) is 22.0. The number of nitrogens with one attached hydrogen (secondary N) is 1. The summed E-state index contributed by atoms with van der Waals surface area (Å²) in [5.74, 6) is 6.48. The summed E-state index contributed by atoms with van der Waals surface area (Å²) in [6, 6.07) is 16.3. The molecule has 0 saturated carbocycles. The van der Waals surface area contributed by atoms with E-state index in [-0.39, 0.29) is 5.91 Å². The van der Waals surface area contributed by atoms with Gasteiger partial charge in [0, 0.05) is 39.7 Å². The van der Waals surface area contributed by atoms with Gasteiger partial charge in [-0.15, -0.1) is 10.2 Å². The molecule has 3 N–H and O–H groups in total. The van der Waals surface area contributed by atoms with Gasteiger partial charge in [0.1, 0.15) is 0 Å². The molecule has 3 heterocycles. The summed E-state index contributed by atoms with van der Waals surface area (Å²) in [6.45, 7) is 8.66. The molecule has 0 spiro atoms. The second-order valence-corrected chi connectivity index (χ2v) is 9.54. The maximum atomic E-state index is 13.0. The number of fused-ring (bicyclic) bond motifs is 3. The molecule has 5 aromatic rings. The number of aromatic nitrogens is 6. The van der Waals surface area contributed by atoms with Crippen molar-refractivity contribution in [1.82, 2.24) is 29.2 Å². The van der Waals surface area contributed by atoms with Crippen LogP contribution in [0.2, 0.25) is 0 Å². The largest absolute Gasteiger partial charge is 0.341 e. The first-order valence-corrected chi connectivity index (χ1v) is 12.0. The third-order valence-electron chi connectivity index (χ3n) is 5.85. The third-order valence-corrected chi connectivity index (χ3v) is 6.91. The highest BCUT2D eigenvalue weighted by molar-refractivity contribution is 8.00. The molecule has 0 bridgehead atoms. The Labute approximate surface area is 200 Å². The van der Waals surface area contributed by atoms with E-state index in [1.54, 1.807) is 4.68 Å². The predicted molar refractivity (Wildman–Crippen MR) is 136 cm³/mol. The van der Waals surface area contributed by atoms with Crippen LogP contribution in [-0.4, -0.2) is 40.4 Å². The van der Waals surface area contributed by atoms with Gasteiger partial charge < -0.3 is 15.7 Å². The number of nitrogens with zero attached hydrogens (tertiary/aromatic N) is 6. The maximum absolute atomic E-state index is 13.0. The van der Waals surface area contributed by atoms with Crippen molar-refractivity contribution in [3.63, 3.8) is 0 Å². The number of hydrogen-bond acceptors (Lipinski definition) is 6. The number of hydrogen-bond donors (Lipinski definition) is 2. The Bertz CT molecular complexity index is 1530. The number of thioether (sulfide) groups is 1. The fourth-order valence-corrected chi connectivity index (χ4v) is 5.02. The van der Waals surface area contributed by atoms with Gasteiger partial charge in [0.25, 0.3) is 5.95 Å². The zero-order valence-corrected chi connectivity index (χ0v) is 20.3. The number of rotatable bonds is 6. The van der Waals surface area contributed by atoms with E-state index in [0.29, 0.717) is 11.1 Å². The van der Waals surface area contributed by atoms with Gasteiger partial charge in [-0.25, -0.2) is 9.36 Å². The molecule has 0 radical (unpaired) electrons. The minimum Gasteiger partial charge on any atom is -0.341 e. The van der Waals surface area contributed by atoms with Crippen LogP contribution in [0.25, 0.3) is 27.8 Å². The van der Waals surface area contributed by atoms with Crippen LogP contribution in [0.3, 0.4) is 0 Å². The molecule has 10 heteroatoms. The van der Waals surface area contributed by atoms with E-state index in [4.69, 9.17) is 5.84 Å². The summed E-state index contributed by atoms with van der Waals surface area (Å²) in [7, 11) is 0. The Morgan fingerprint density at radius 1 is 1.09 bits per heavy atom. The number of carbonyl (C=O) groups excluding carboxylic acids is 1. The van der Waals surface area contributed by atoms with Crippen LogP contribution < -0.4 is 11.2 Å². The van der Waals surface area contributed by atoms with Crippen molar-refractivity contribution in [2.45, 2.75) is 44.6 Å². The van der Waals surface area contributed by atoms with E-state index in [0.717, 1.165) is 34.5 Å². The number of amides is 1. The molecule has 0 unspecified atom stereocenters. The van der Waals surface area contributed by atoms with E-state index in [1.807, 2.05) is 51.1 Å². The third kappa shape index (κ3) is 3.69. The molecule has 1 atom stereocenters. The second-order valence-electron chi connectivity index (χ2n) is 8.23. The van der Waals surface area contributed by atoms with Gasteiger partial charge in [-0.1, -0.05) is 30.0 Å². The van der Waals surface area contributed by atoms with Gasteiger partial charge in [0.15, 0.2) is 0 Å². The molecule has 0 aliphatic heterocycles. The first-order chi connectivity index (χ1) is 16.4. The Kier molecular flexibility index (Phi) is 5.52. The molecular formula is C24H26N8OS. The summed E-state index contributed by atoms with van der Waals surface area (Å²) < 4.78 is 5.28. The fraction of sp³-hybridized carbons (Fsp3) is 0.250. The number of aryl methyl sites for hydroxylation is 3. The monoisotopic (exact) mass is 474 g/mol. The lowest BCUT2D eigenvalue weighted by Crippen LogP contribution is -2.24. The van der Waals surface area contributed by atoms with Crippen LogP contribution in [0.4, 0.5) is 5.69 Å². The number of nitrogen functional groups attached to an aromatic ring is 1. The first-order valence-electron chi connectivity index (χ1n) is 11.1. The van der Waals surface area contributed by atoms with Crippen molar-refractivity contribution in [3.05, 3.63) is 59.9 Å². The molecule has 34 heavy (non-hydrogen) atoms. The lowest BCUT2D eigenvalue weighted by Gasteiger charge is -2.12. The van der Waals surface area contributed by atoms with Crippen LogP contribution in [0.5, 0.6) is 0 Å². The Morgan fingerprint density at radius 3 is 2.59 bits per heavy atom. The summed E-state index contributed by atoms with van der Waals surface area (Å²) in [6.07, 6.45) is 0. The number of benzene rings is 2. The smallest absolute Gasteiger partial charge is 0.271 e. The SMILES string of the molecule is CCn1c2ccccc2c2cc(NC(=O)[C@H](C)Sc3nnc(-n4nc(C)cc4C)n3N)ccc21. The molecule has 0 aliphatic rings. The Balaban J connectivity index is 1.36. The molecule has 5 rings (SSSR count). The lowest BCUT2D eigenvalue weighted by molar-refractivity contribution is -0.115. The van der Waals surface area contributed by atoms with Crippen LogP contribution in [-0.2, 0) is 11.3 Å².